The quantitative estimate of drug-likeness (QED) is 0.0874. The first-order valence-corrected chi connectivity index (χ1v) is 14.0. The van der Waals surface area contributed by atoms with E-state index in [1.54, 1.807) is 0 Å². The molecule has 7 nitrogen and oxygen atoms in total. The van der Waals surface area contributed by atoms with E-state index >= 15 is 0 Å². The van der Waals surface area contributed by atoms with Gasteiger partial charge in [0.25, 0.3) is 0 Å². The fraction of sp³-hybridized carbons (Fsp3) is 0.917. The average Bonchev–Trinajstić information content (AvgIpc) is 2.71. The lowest BCUT2D eigenvalue weighted by atomic mass is 10.1. The van der Waals surface area contributed by atoms with Crippen molar-refractivity contribution in [3.63, 3.8) is 0 Å². The number of allylic oxidation sites excluding steroid dienone is 1. The Hall–Kier alpha value is -0.270. The van der Waals surface area contributed by atoms with Gasteiger partial charge < -0.3 is 19.2 Å². The number of phosphoric acid groups is 1. The molecule has 2 atom stereocenters. The van der Waals surface area contributed by atoms with Gasteiger partial charge in [0.05, 0.1) is 41.0 Å². The molecule has 0 aliphatic heterocycles. The van der Waals surface area contributed by atoms with Gasteiger partial charge in [-0.3, -0.25) is 9.05 Å². The van der Waals surface area contributed by atoms with Crippen molar-refractivity contribution in [3.05, 3.63) is 12.2 Å². The molecule has 0 saturated heterocycles. The van der Waals surface area contributed by atoms with Crippen LogP contribution in [0.25, 0.3) is 0 Å². The fourth-order valence-electron chi connectivity index (χ4n) is 3.05. The van der Waals surface area contributed by atoms with Crippen LogP contribution in [0.4, 0.5) is 0 Å². The topological polar surface area (TPSA) is 85.2 Å². The molecule has 1 unspecified atom stereocenters. The first-order chi connectivity index (χ1) is 15.2. The van der Waals surface area contributed by atoms with E-state index in [0.29, 0.717) is 17.6 Å². The minimum Gasteiger partial charge on any atom is -0.388 e. The molecule has 0 saturated carbocycles. The highest BCUT2D eigenvalue weighted by Gasteiger charge is 2.24. The second kappa shape index (κ2) is 20.1. The molecule has 8 heteroatoms. The van der Waals surface area contributed by atoms with Crippen LogP contribution in [0.3, 0.4) is 0 Å². The highest BCUT2D eigenvalue weighted by Crippen LogP contribution is 2.43. The zero-order chi connectivity index (χ0) is 24.1. The van der Waals surface area contributed by atoms with Crippen molar-refractivity contribution < 1.29 is 32.8 Å². The second-order valence-electron chi connectivity index (χ2n) is 9.57. The molecule has 0 aliphatic carbocycles. The first kappa shape index (κ1) is 31.7. The predicted molar refractivity (Wildman–Crippen MR) is 132 cm³/mol. The number of ether oxygens (including phenoxy) is 1. The van der Waals surface area contributed by atoms with Gasteiger partial charge >= 0.3 is 7.82 Å². The number of nitrogens with zero attached hydrogens (tertiary/aromatic N) is 1. The number of rotatable bonds is 23. The van der Waals surface area contributed by atoms with E-state index in [-0.39, 0.29) is 19.8 Å². The van der Waals surface area contributed by atoms with Crippen molar-refractivity contribution in [1.29, 1.82) is 0 Å². The lowest BCUT2D eigenvalue weighted by Crippen LogP contribution is -2.37. The third-order valence-electron chi connectivity index (χ3n) is 5.08. The van der Waals surface area contributed by atoms with Crippen LogP contribution in [0, 0.1) is 0 Å². The smallest absolute Gasteiger partial charge is 0.388 e. The molecule has 0 aliphatic rings. The van der Waals surface area contributed by atoms with Gasteiger partial charge in [-0.25, -0.2) is 4.57 Å². The van der Waals surface area contributed by atoms with Gasteiger partial charge in [0.1, 0.15) is 19.3 Å². The Morgan fingerprint density at radius 3 is 1.97 bits per heavy atom. The standard InChI is InChI=1S/C24H50NO6P/c1-5-6-7-8-9-10-11-12-13-14-15-16-17-18-20-29-22-24(26)23-31-32(27,28)30-21-19-25(2,3)4/h16-17,24,26H,5-15,18-23H2,1-4H3/p+1/b17-16-/t24-/m0/s1. The van der Waals surface area contributed by atoms with Crippen LogP contribution < -0.4 is 0 Å². The minimum atomic E-state index is -4.15. The summed E-state index contributed by atoms with van der Waals surface area (Å²) in [7, 11) is 1.73. The largest absolute Gasteiger partial charge is 0.472 e. The number of unbranched alkanes of at least 4 members (excludes halogenated alkanes) is 10. The maximum Gasteiger partial charge on any atom is 0.472 e. The lowest BCUT2D eigenvalue weighted by molar-refractivity contribution is -0.870. The van der Waals surface area contributed by atoms with Crippen molar-refractivity contribution >= 4 is 7.82 Å². The van der Waals surface area contributed by atoms with Crippen LogP contribution in [0.15, 0.2) is 12.2 Å². The highest BCUT2D eigenvalue weighted by molar-refractivity contribution is 7.47. The van der Waals surface area contributed by atoms with Crippen molar-refractivity contribution in [2.45, 2.75) is 90.1 Å². The summed E-state index contributed by atoms with van der Waals surface area (Å²) in [5, 5.41) is 9.82. The van der Waals surface area contributed by atoms with Crippen LogP contribution in [0.2, 0.25) is 0 Å². The molecule has 0 aromatic carbocycles. The molecule has 0 aromatic heterocycles. The van der Waals surface area contributed by atoms with Gasteiger partial charge in [0.2, 0.25) is 0 Å². The van der Waals surface area contributed by atoms with E-state index in [0.717, 1.165) is 12.8 Å². The SMILES string of the molecule is CCCCCCCCCCCC/C=C\CCOC[C@H](O)COP(=O)(O)OCC[N+](C)(C)C. The monoisotopic (exact) mass is 480 g/mol. The van der Waals surface area contributed by atoms with Crippen molar-refractivity contribution in [2.75, 3.05) is 54.1 Å². The number of aliphatic hydroxyl groups excluding tert-OH is 1. The van der Waals surface area contributed by atoms with E-state index in [1.807, 2.05) is 21.1 Å². The summed E-state index contributed by atoms with van der Waals surface area (Å²) in [5.74, 6) is 0. The van der Waals surface area contributed by atoms with E-state index in [1.165, 1.54) is 64.2 Å². The molecule has 2 N–H and O–H groups in total. The molecule has 0 aromatic rings. The fourth-order valence-corrected chi connectivity index (χ4v) is 3.80. The summed E-state index contributed by atoms with van der Waals surface area (Å²) in [6.07, 6.45) is 18.8. The van der Waals surface area contributed by atoms with Crippen LogP contribution in [-0.4, -0.2) is 74.7 Å². The van der Waals surface area contributed by atoms with Crippen LogP contribution >= 0.6 is 7.82 Å². The zero-order valence-corrected chi connectivity index (χ0v) is 22.1. The summed E-state index contributed by atoms with van der Waals surface area (Å²) < 4.78 is 27.5. The zero-order valence-electron chi connectivity index (χ0n) is 21.2. The minimum absolute atomic E-state index is 0.0607. The normalized spacial score (nSPS) is 15.3. The van der Waals surface area contributed by atoms with E-state index in [2.05, 4.69) is 19.1 Å². The second-order valence-corrected chi connectivity index (χ2v) is 11.0. The van der Waals surface area contributed by atoms with E-state index in [9.17, 15) is 14.6 Å². The number of quaternary nitrogens is 1. The van der Waals surface area contributed by atoms with Gasteiger partial charge in [0.15, 0.2) is 0 Å². The van der Waals surface area contributed by atoms with Crippen molar-refractivity contribution in [2.24, 2.45) is 0 Å². The van der Waals surface area contributed by atoms with Gasteiger partial charge in [-0.2, -0.15) is 0 Å². The number of hydrogen-bond donors (Lipinski definition) is 2. The molecule has 32 heavy (non-hydrogen) atoms. The molecule has 192 valence electrons. The predicted octanol–water partition coefficient (Wildman–Crippen LogP) is 5.46. The molecule has 0 radical (unpaired) electrons. The van der Waals surface area contributed by atoms with Gasteiger partial charge in [-0.15, -0.1) is 0 Å². The van der Waals surface area contributed by atoms with Crippen LogP contribution in [-0.2, 0) is 18.3 Å². The summed E-state index contributed by atoms with van der Waals surface area (Å²) >= 11 is 0. The number of phosphoric ester groups is 1. The van der Waals surface area contributed by atoms with Gasteiger partial charge in [-0.1, -0.05) is 76.9 Å². The van der Waals surface area contributed by atoms with Crippen molar-refractivity contribution in [3.8, 4) is 0 Å². The Labute approximate surface area is 197 Å². The van der Waals surface area contributed by atoms with Gasteiger partial charge in [0, 0.05) is 0 Å². The molecular weight excluding hydrogens is 429 g/mol. The summed E-state index contributed by atoms with van der Waals surface area (Å²) in [6, 6.07) is 0. The maximum absolute atomic E-state index is 11.8. The molecule has 0 amide bonds. The van der Waals surface area contributed by atoms with Crippen LogP contribution in [0.5, 0.6) is 0 Å². The maximum atomic E-state index is 11.8. The molecule has 0 rings (SSSR count). The molecular formula is C24H51NO6P+. The number of aliphatic hydroxyl groups is 1. The molecule has 0 heterocycles. The highest BCUT2D eigenvalue weighted by atomic mass is 31.2. The summed E-state index contributed by atoms with van der Waals surface area (Å²) in [5.41, 5.74) is 0. The third kappa shape index (κ3) is 24.4. The van der Waals surface area contributed by atoms with Gasteiger partial charge in [-0.05, 0) is 19.3 Å². The van der Waals surface area contributed by atoms with E-state index in [4.69, 9.17) is 13.8 Å². The molecule has 0 spiro atoms. The van der Waals surface area contributed by atoms with E-state index < -0.39 is 13.9 Å². The van der Waals surface area contributed by atoms with Crippen LogP contribution in [0.1, 0.15) is 84.0 Å². The Kier molecular flexibility index (Phi) is 20.0. The number of likely N-dealkylation sites (N-methyl/N-ethyl adjacent to an activating group) is 1. The molecule has 0 fully saturated rings. The summed E-state index contributed by atoms with van der Waals surface area (Å²) in [6.45, 7) is 3.20. The molecule has 0 bridgehead atoms. The van der Waals surface area contributed by atoms with Crippen molar-refractivity contribution in [1.82, 2.24) is 0 Å². The lowest BCUT2D eigenvalue weighted by Gasteiger charge is -2.24. The number of hydrogen-bond acceptors (Lipinski definition) is 5. The third-order valence-corrected chi connectivity index (χ3v) is 6.06. The summed E-state index contributed by atoms with van der Waals surface area (Å²) in [4.78, 5) is 9.62. The average molecular weight is 481 g/mol. The first-order valence-electron chi connectivity index (χ1n) is 12.5. The Morgan fingerprint density at radius 2 is 1.38 bits per heavy atom. The Bertz CT molecular complexity index is 495. The Morgan fingerprint density at radius 1 is 0.812 bits per heavy atom. The Balaban J connectivity index is 3.50.